The van der Waals surface area contributed by atoms with Crippen molar-refractivity contribution in [2.45, 2.75) is 45.1 Å². The molecule has 1 aromatic rings. The lowest BCUT2D eigenvalue weighted by molar-refractivity contribution is -0.117. The molecule has 0 unspecified atom stereocenters. The predicted octanol–water partition coefficient (Wildman–Crippen LogP) is 3.18. The summed E-state index contributed by atoms with van der Waals surface area (Å²) in [7, 11) is -3.15. The van der Waals surface area contributed by atoms with E-state index in [9.17, 15) is 13.2 Å². The van der Waals surface area contributed by atoms with Crippen LogP contribution in [0.5, 0.6) is 0 Å². The van der Waals surface area contributed by atoms with Gasteiger partial charge in [-0.3, -0.25) is 9.10 Å². The quantitative estimate of drug-likeness (QED) is 0.788. The smallest absolute Gasteiger partial charge is 0.244 e. The number of hydrogen-bond acceptors (Lipinski definition) is 3. The number of nitrogens with one attached hydrogen (secondary N) is 1. The molecule has 146 valence electrons. The molecule has 2 bridgehead atoms. The third-order valence-electron chi connectivity index (χ3n) is 6.51. The molecule has 2 saturated carbocycles. The number of benzene rings is 1. The third kappa shape index (κ3) is 3.91. The third-order valence-corrected chi connectivity index (χ3v) is 8.38. The Morgan fingerprint density at radius 3 is 2.59 bits per heavy atom. The largest absolute Gasteiger partial charge is 0.350 e. The molecule has 1 saturated heterocycles. The van der Waals surface area contributed by atoms with E-state index < -0.39 is 10.0 Å². The van der Waals surface area contributed by atoms with Crippen molar-refractivity contribution >= 4 is 27.7 Å². The molecule has 6 heteroatoms. The van der Waals surface area contributed by atoms with Gasteiger partial charge in [-0.2, -0.15) is 0 Å². The van der Waals surface area contributed by atoms with Gasteiger partial charge in [0.1, 0.15) is 0 Å². The van der Waals surface area contributed by atoms with E-state index >= 15 is 0 Å². The Kier molecular flexibility index (Phi) is 5.01. The number of hydrogen-bond donors (Lipinski definition) is 1. The second-order valence-electron chi connectivity index (χ2n) is 8.30. The zero-order chi connectivity index (χ0) is 19.0. The molecule has 3 aliphatic rings. The van der Waals surface area contributed by atoms with Gasteiger partial charge in [0.15, 0.2) is 0 Å². The van der Waals surface area contributed by atoms with Crippen molar-refractivity contribution in [3.05, 3.63) is 35.9 Å². The summed E-state index contributed by atoms with van der Waals surface area (Å²) in [6.07, 6.45) is 9.33. The van der Waals surface area contributed by atoms with Crippen molar-refractivity contribution in [1.29, 1.82) is 0 Å². The van der Waals surface area contributed by atoms with Gasteiger partial charge >= 0.3 is 0 Å². The lowest BCUT2D eigenvalue weighted by Crippen LogP contribution is -2.39. The summed E-state index contributed by atoms with van der Waals surface area (Å²) in [5.74, 6) is 2.46. The molecule has 1 aromatic carbocycles. The van der Waals surface area contributed by atoms with Gasteiger partial charge in [0.05, 0.1) is 11.4 Å². The van der Waals surface area contributed by atoms with E-state index in [-0.39, 0.29) is 17.7 Å². The molecule has 4 atom stereocenters. The number of nitrogens with zero attached hydrogens (tertiary/aromatic N) is 1. The number of sulfonamides is 1. The standard InChI is InChI=1S/C21H28N2O3S/c1-15(20-14-17-3-7-18(20)13-17)22-21(24)10-6-16-4-8-19(9-5-16)23-11-2-12-27(23,25)26/h4-6,8-10,15,17-18,20H,2-3,7,11-14H2,1H3,(H,22,24)/b10-6+/t15-,17-,18-,20+/m0/s1. The molecular weight excluding hydrogens is 360 g/mol. The molecule has 3 fully saturated rings. The Balaban J connectivity index is 1.33. The van der Waals surface area contributed by atoms with E-state index in [1.165, 1.54) is 30.0 Å². The van der Waals surface area contributed by atoms with Crippen molar-refractivity contribution in [2.75, 3.05) is 16.6 Å². The van der Waals surface area contributed by atoms with Crippen LogP contribution in [-0.2, 0) is 14.8 Å². The Labute approximate surface area is 161 Å². The highest BCUT2D eigenvalue weighted by molar-refractivity contribution is 7.93. The first-order valence-corrected chi connectivity index (χ1v) is 11.6. The van der Waals surface area contributed by atoms with Crippen molar-refractivity contribution in [3.63, 3.8) is 0 Å². The minimum atomic E-state index is -3.15. The lowest BCUT2D eigenvalue weighted by Gasteiger charge is -2.28. The first-order chi connectivity index (χ1) is 12.9. The molecule has 1 N–H and O–H groups in total. The summed E-state index contributed by atoms with van der Waals surface area (Å²) in [5, 5.41) is 3.13. The number of amides is 1. The van der Waals surface area contributed by atoms with Crippen LogP contribution in [0.3, 0.4) is 0 Å². The van der Waals surface area contributed by atoms with E-state index in [0.29, 0.717) is 24.6 Å². The summed E-state index contributed by atoms with van der Waals surface area (Å²) in [4.78, 5) is 12.3. The zero-order valence-electron chi connectivity index (χ0n) is 15.8. The van der Waals surface area contributed by atoms with Crippen molar-refractivity contribution in [2.24, 2.45) is 17.8 Å². The van der Waals surface area contributed by atoms with E-state index in [4.69, 9.17) is 0 Å². The van der Waals surface area contributed by atoms with Gasteiger partial charge in [-0.15, -0.1) is 0 Å². The maximum atomic E-state index is 12.3. The number of carbonyl (C=O) groups excluding carboxylic acids is 1. The van der Waals surface area contributed by atoms with Crippen LogP contribution in [0.15, 0.2) is 30.3 Å². The van der Waals surface area contributed by atoms with Gasteiger partial charge in [-0.25, -0.2) is 8.42 Å². The van der Waals surface area contributed by atoms with E-state index in [1.54, 1.807) is 24.3 Å². The molecule has 27 heavy (non-hydrogen) atoms. The fourth-order valence-electron chi connectivity index (χ4n) is 5.14. The number of anilines is 1. The van der Waals surface area contributed by atoms with Crippen LogP contribution < -0.4 is 9.62 Å². The molecule has 4 rings (SSSR count). The van der Waals surface area contributed by atoms with Crippen LogP contribution in [0.4, 0.5) is 5.69 Å². The molecule has 0 spiro atoms. The molecule has 0 aromatic heterocycles. The maximum absolute atomic E-state index is 12.3. The van der Waals surface area contributed by atoms with Crippen molar-refractivity contribution in [3.8, 4) is 0 Å². The van der Waals surface area contributed by atoms with Gasteiger partial charge in [0.2, 0.25) is 15.9 Å². The minimum Gasteiger partial charge on any atom is -0.350 e. The van der Waals surface area contributed by atoms with E-state index in [2.05, 4.69) is 12.2 Å². The highest BCUT2D eigenvalue weighted by Gasteiger charge is 2.41. The highest BCUT2D eigenvalue weighted by Crippen LogP contribution is 2.49. The predicted molar refractivity (Wildman–Crippen MR) is 108 cm³/mol. The fourth-order valence-corrected chi connectivity index (χ4v) is 6.70. The van der Waals surface area contributed by atoms with E-state index in [0.717, 1.165) is 17.4 Å². The van der Waals surface area contributed by atoms with Gasteiger partial charge in [-0.1, -0.05) is 18.6 Å². The summed E-state index contributed by atoms with van der Waals surface area (Å²) >= 11 is 0. The number of carbonyl (C=O) groups is 1. The van der Waals surface area contributed by atoms with Crippen LogP contribution in [-0.4, -0.2) is 32.7 Å². The van der Waals surface area contributed by atoms with E-state index in [1.807, 2.05) is 12.1 Å². The molecule has 1 aliphatic heterocycles. The van der Waals surface area contributed by atoms with Crippen LogP contribution in [0, 0.1) is 17.8 Å². The second kappa shape index (κ2) is 7.30. The number of fused-ring (bicyclic) bond motifs is 2. The molecule has 2 aliphatic carbocycles. The molecule has 1 amide bonds. The SMILES string of the molecule is C[C@H](NC(=O)/C=C/c1ccc(N2CCCS2(=O)=O)cc1)[C@H]1C[C@H]2CC[C@H]1C2. The molecule has 0 radical (unpaired) electrons. The first-order valence-electron chi connectivity index (χ1n) is 10.0. The van der Waals surface area contributed by atoms with Crippen LogP contribution >= 0.6 is 0 Å². The van der Waals surface area contributed by atoms with Crippen molar-refractivity contribution in [1.82, 2.24) is 5.32 Å². The Bertz CT molecular complexity index is 831. The molecule has 1 heterocycles. The monoisotopic (exact) mass is 388 g/mol. The van der Waals surface area contributed by atoms with Gasteiger partial charge in [0, 0.05) is 18.7 Å². The number of rotatable bonds is 5. The van der Waals surface area contributed by atoms with Crippen LogP contribution in [0.1, 0.15) is 44.6 Å². The summed E-state index contributed by atoms with van der Waals surface area (Å²) < 4.78 is 25.4. The topological polar surface area (TPSA) is 66.5 Å². The zero-order valence-corrected chi connectivity index (χ0v) is 16.6. The average molecular weight is 389 g/mol. The summed E-state index contributed by atoms with van der Waals surface area (Å²) in [6, 6.07) is 7.54. The maximum Gasteiger partial charge on any atom is 0.244 e. The normalized spacial score (nSPS) is 30.1. The van der Waals surface area contributed by atoms with Gasteiger partial charge in [0.25, 0.3) is 0 Å². The fraction of sp³-hybridized carbons (Fsp3) is 0.571. The van der Waals surface area contributed by atoms with Crippen LogP contribution in [0.25, 0.3) is 6.08 Å². The Morgan fingerprint density at radius 1 is 1.22 bits per heavy atom. The van der Waals surface area contributed by atoms with Crippen LogP contribution in [0.2, 0.25) is 0 Å². The highest BCUT2D eigenvalue weighted by atomic mass is 32.2. The van der Waals surface area contributed by atoms with Crippen molar-refractivity contribution < 1.29 is 13.2 Å². The minimum absolute atomic E-state index is 0.0588. The molecular formula is C21H28N2O3S. The first kappa shape index (κ1) is 18.5. The lowest BCUT2D eigenvalue weighted by atomic mass is 9.84. The van der Waals surface area contributed by atoms with Gasteiger partial charge < -0.3 is 5.32 Å². The summed E-state index contributed by atoms with van der Waals surface area (Å²) in [5.41, 5.74) is 1.58. The average Bonchev–Trinajstić information content (AvgIpc) is 3.35. The summed E-state index contributed by atoms with van der Waals surface area (Å²) in [6.45, 7) is 2.67. The van der Waals surface area contributed by atoms with Gasteiger partial charge in [-0.05, 0) is 74.1 Å². The Morgan fingerprint density at radius 2 is 2.00 bits per heavy atom. The molecule has 5 nitrogen and oxygen atoms in total. The Hall–Kier alpha value is -1.82. The second-order valence-corrected chi connectivity index (χ2v) is 10.3.